The minimum atomic E-state index is -0.890. The number of aliphatic carboxylic acids is 1. The van der Waals surface area contributed by atoms with E-state index in [0.717, 1.165) is 31.1 Å². The maximum atomic E-state index is 14.8. The summed E-state index contributed by atoms with van der Waals surface area (Å²) in [6.07, 6.45) is 8.83. The number of pyridine rings is 2. The predicted octanol–water partition coefficient (Wildman–Crippen LogP) is 4.12. The number of anilines is 3. The average Bonchev–Trinajstić information content (AvgIpc) is 3.43. The van der Waals surface area contributed by atoms with Gasteiger partial charge in [-0.1, -0.05) is 0 Å². The van der Waals surface area contributed by atoms with Crippen LogP contribution in [0.4, 0.5) is 21.7 Å². The molecule has 9 nitrogen and oxygen atoms in total. The zero-order chi connectivity index (χ0) is 25.1. The van der Waals surface area contributed by atoms with Crippen molar-refractivity contribution in [2.45, 2.75) is 37.8 Å². The van der Waals surface area contributed by atoms with Gasteiger partial charge in [0.15, 0.2) is 0 Å². The highest BCUT2D eigenvalue weighted by Crippen LogP contribution is 2.29. The molecule has 3 N–H and O–H groups in total. The fourth-order valence-electron chi connectivity index (χ4n) is 4.76. The zero-order valence-corrected chi connectivity index (χ0v) is 19.9. The Labute approximate surface area is 208 Å². The number of carbonyl (C=O) groups is 1. The van der Waals surface area contributed by atoms with Crippen LogP contribution in [0.5, 0.6) is 0 Å². The van der Waals surface area contributed by atoms with E-state index < -0.39 is 11.8 Å². The Bertz CT molecular complexity index is 1350. The normalized spacial score (nSPS) is 17.7. The van der Waals surface area contributed by atoms with Crippen molar-refractivity contribution in [1.29, 1.82) is 0 Å². The Morgan fingerprint density at radius 3 is 2.72 bits per heavy atom. The molecule has 1 aliphatic rings. The third-order valence-electron chi connectivity index (χ3n) is 6.69. The first-order chi connectivity index (χ1) is 17.5. The Morgan fingerprint density at radius 2 is 2.03 bits per heavy atom. The molecule has 0 unspecified atom stereocenters. The number of hydrogen-bond donors (Lipinski definition) is 3. The molecule has 1 aromatic carbocycles. The second-order valence-electron chi connectivity index (χ2n) is 8.99. The van der Waals surface area contributed by atoms with Gasteiger partial charge in [0.05, 0.1) is 16.9 Å². The summed E-state index contributed by atoms with van der Waals surface area (Å²) in [5.41, 5.74) is 1.55. The number of benzene rings is 1. The predicted molar refractivity (Wildman–Crippen MR) is 136 cm³/mol. The molecule has 36 heavy (non-hydrogen) atoms. The van der Waals surface area contributed by atoms with Crippen molar-refractivity contribution >= 4 is 34.2 Å². The summed E-state index contributed by atoms with van der Waals surface area (Å²) in [5, 5.41) is 20.8. The Morgan fingerprint density at radius 1 is 1.19 bits per heavy atom. The number of hydrogen-bond acceptors (Lipinski definition) is 7. The number of fused-ring (bicyclic) bond motifs is 1. The van der Waals surface area contributed by atoms with Crippen LogP contribution in [0.3, 0.4) is 0 Å². The van der Waals surface area contributed by atoms with Crippen molar-refractivity contribution in [3.8, 4) is 5.69 Å². The SMILES string of the molecule is CNC1CCC(N(CC(=O)O)c2ccc3cnc(Nc4ccc(-n5cccn5)cc4F)cc3n2)CC1. The summed E-state index contributed by atoms with van der Waals surface area (Å²) in [7, 11) is 1.96. The first-order valence-corrected chi connectivity index (χ1v) is 12.0. The molecular weight excluding hydrogens is 461 g/mol. The van der Waals surface area contributed by atoms with Crippen molar-refractivity contribution in [2.75, 3.05) is 23.8 Å². The number of aromatic nitrogens is 4. The molecule has 4 aromatic rings. The number of carboxylic acid groups (broad SMARTS) is 1. The molecule has 3 aromatic heterocycles. The monoisotopic (exact) mass is 489 g/mol. The lowest BCUT2D eigenvalue weighted by atomic mass is 9.90. The lowest BCUT2D eigenvalue weighted by molar-refractivity contribution is -0.135. The maximum Gasteiger partial charge on any atom is 0.323 e. The van der Waals surface area contributed by atoms with E-state index >= 15 is 0 Å². The molecule has 0 radical (unpaired) electrons. The van der Waals surface area contributed by atoms with Gasteiger partial charge in [0.2, 0.25) is 0 Å². The quantitative estimate of drug-likeness (QED) is 0.339. The molecule has 3 heterocycles. The molecule has 1 fully saturated rings. The van der Waals surface area contributed by atoms with Crippen LogP contribution < -0.4 is 15.5 Å². The first kappa shape index (κ1) is 23.7. The summed E-state index contributed by atoms with van der Waals surface area (Å²) in [5.74, 6) is -0.267. The highest BCUT2D eigenvalue weighted by Gasteiger charge is 2.27. The molecule has 0 amide bonds. The van der Waals surface area contributed by atoms with Crippen LogP contribution in [-0.2, 0) is 4.79 Å². The molecule has 10 heteroatoms. The van der Waals surface area contributed by atoms with E-state index in [0.29, 0.717) is 28.9 Å². The standard InChI is InChI=1S/C26H28FN7O2/c1-28-18-4-6-19(7-5-18)33(16-26(35)36)25-10-3-17-15-29-24(14-23(17)32-25)31-22-9-8-20(13-21(22)27)34-12-2-11-30-34/h2-3,8-15,18-19,28H,4-7,16H2,1H3,(H,29,31)(H,35,36). The fourth-order valence-corrected chi connectivity index (χ4v) is 4.76. The third kappa shape index (κ3) is 5.13. The summed E-state index contributed by atoms with van der Waals surface area (Å²) >= 11 is 0. The second kappa shape index (κ2) is 10.3. The van der Waals surface area contributed by atoms with Crippen molar-refractivity contribution in [3.63, 3.8) is 0 Å². The second-order valence-corrected chi connectivity index (χ2v) is 8.99. The molecule has 0 bridgehead atoms. The van der Waals surface area contributed by atoms with Gasteiger partial charge in [-0.2, -0.15) is 5.10 Å². The fraction of sp³-hybridized carbons (Fsp3) is 0.308. The van der Waals surface area contributed by atoms with E-state index in [-0.39, 0.29) is 18.3 Å². The van der Waals surface area contributed by atoms with Crippen molar-refractivity contribution in [2.24, 2.45) is 0 Å². The Hall–Kier alpha value is -4.05. The van der Waals surface area contributed by atoms with Crippen molar-refractivity contribution in [1.82, 2.24) is 25.1 Å². The van der Waals surface area contributed by atoms with E-state index in [1.807, 2.05) is 24.1 Å². The van der Waals surface area contributed by atoms with E-state index in [1.165, 1.54) is 6.07 Å². The van der Waals surface area contributed by atoms with Gasteiger partial charge in [0.1, 0.15) is 24.0 Å². The molecule has 0 aliphatic heterocycles. The Balaban J connectivity index is 1.39. The molecule has 0 atom stereocenters. The summed E-state index contributed by atoms with van der Waals surface area (Å²) < 4.78 is 16.4. The highest BCUT2D eigenvalue weighted by molar-refractivity contribution is 5.83. The summed E-state index contributed by atoms with van der Waals surface area (Å²) in [6, 6.07) is 12.6. The van der Waals surface area contributed by atoms with Crippen LogP contribution in [-0.4, -0.2) is 56.5 Å². The minimum absolute atomic E-state index is 0.109. The number of nitrogens with one attached hydrogen (secondary N) is 2. The average molecular weight is 490 g/mol. The number of rotatable bonds is 8. The molecule has 0 saturated heterocycles. The largest absolute Gasteiger partial charge is 0.480 e. The highest BCUT2D eigenvalue weighted by atomic mass is 19.1. The van der Waals surface area contributed by atoms with Gasteiger partial charge in [-0.15, -0.1) is 0 Å². The molecule has 1 saturated carbocycles. The molecule has 0 spiro atoms. The van der Waals surface area contributed by atoms with E-state index in [2.05, 4.69) is 20.7 Å². The first-order valence-electron chi connectivity index (χ1n) is 12.0. The molecular formula is C26H28FN7O2. The topological polar surface area (TPSA) is 108 Å². The lowest BCUT2D eigenvalue weighted by Gasteiger charge is -2.36. The van der Waals surface area contributed by atoms with Crippen LogP contribution >= 0.6 is 0 Å². The molecule has 186 valence electrons. The van der Waals surface area contributed by atoms with E-state index in [4.69, 9.17) is 4.98 Å². The van der Waals surface area contributed by atoms with Gasteiger partial charge in [-0.3, -0.25) is 4.79 Å². The van der Waals surface area contributed by atoms with E-state index in [9.17, 15) is 14.3 Å². The maximum absolute atomic E-state index is 14.8. The lowest BCUT2D eigenvalue weighted by Crippen LogP contribution is -2.44. The number of halogens is 1. The number of carboxylic acids is 1. The zero-order valence-electron chi connectivity index (χ0n) is 19.9. The van der Waals surface area contributed by atoms with Crippen LogP contribution in [0, 0.1) is 5.82 Å². The Kier molecular flexibility index (Phi) is 6.77. The summed E-state index contributed by atoms with van der Waals surface area (Å²) in [6.45, 7) is -0.114. The minimum Gasteiger partial charge on any atom is -0.480 e. The van der Waals surface area contributed by atoms with Gasteiger partial charge in [0.25, 0.3) is 0 Å². The van der Waals surface area contributed by atoms with Crippen molar-refractivity contribution in [3.05, 3.63) is 66.9 Å². The summed E-state index contributed by atoms with van der Waals surface area (Å²) in [4.78, 5) is 22.7. The van der Waals surface area contributed by atoms with Gasteiger partial charge in [-0.25, -0.2) is 19.0 Å². The molecule has 5 rings (SSSR count). The van der Waals surface area contributed by atoms with Crippen LogP contribution in [0.1, 0.15) is 25.7 Å². The van der Waals surface area contributed by atoms with Crippen molar-refractivity contribution < 1.29 is 14.3 Å². The molecule has 1 aliphatic carbocycles. The van der Waals surface area contributed by atoms with Gasteiger partial charge in [0, 0.05) is 48.2 Å². The van der Waals surface area contributed by atoms with Gasteiger partial charge >= 0.3 is 5.97 Å². The smallest absolute Gasteiger partial charge is 0.323 e. The van der Waals surface area contributed by atoms with E-state index in [1.54, 1.807) is 47.5 Å². The van der Waals surface area contributed by atoms with Gasteiger partial charge < -0.3 is 20.6 Å². The van der Waals surface area contributed by atoms with Crippen LogP contribution in [0.2, 0.25) is 0 Å². The third-order valence-corrected chi connectivity index (χ3v) is 6.69. The van der Waals surface area contributed by atoms with Gasteiger partial charge in [-0.05, 0) is 63.1 Å². The number of nitrogens with zero attached hydrogens (tertiary/aromatic N) is 5. The van der Waals surface area contributed by atoms with Crippen LogP contribution in [0.25, 0.3) is 16.6 Å². The van der Waals surface area contributed by atoms with Crippen LogP contribution in [0.15, 0.2) is 61.1 Å².